The van der Waals surface area contributed by atoms with Gasteiger partial charge in [-0.3, -0.25) is 4.79 Å². The number of hydrogen-bond acceptors (Lipinski definition) is 5. The van der Waals surface area contributed by atoms with Gasteiger partial charge in [-0.25, -0.2) is 0 Å². The van der Waals surface area contributed by atoms with Crippen molar-refractivity contribution in [3.8, 4) is 23.0 Å². The van der Waals surface area contributed by atoms with Gasteiger partial charge in [0.1, 0.15) is 23.0 Å². The molecule has 5 radical (unpaired) electrons. The van der Waals surface area contributed by atoms with E-state index in [1.54, 1.807) is 64.3 Å². The highest BCUT2D eigenvalue weighted by molar-refractivity contribution is 6.28. The van der Waals surface area contributed by atoms with Gasteiger partial charge in [-0.1, -0.05) is 20.5 Å². The van der Waals surface area contributed by atoms with Crippen molar-refractivity contribution in [2.24, 2.45) is 0 Å². The number of rotatable bonds is 9. The SMILES string of the molecule is [B]Oc1ccc(C(=O)c2ccc(O[B]C)cc2O[B]C)c(O[B]C)c1. The normalized spacial score (nSPS) is 9.72. The van der Waals surface area contributed by atoms with Crippen molar-refractivity contribution in [3.05, 3.63) is 47.5 Å². The standard InChI is InChI=1S/C16H15B4O5/c1-18-23-11-5-7-13(15(9-11)25-20-3)16(21)12-6-4-10(22-17)8-14(12)24-19-2/h4-9H,1-3H3. The third-order valence-corrected chi connectivity index (χ3v) is 3.28. The molecule has 5 nitrogen and oxygen atoms in total. The highest BCUT2D eigenvalue weighted by atomic mass is 16.4. The average Bonchev–Trinajstić information content (AvgIpc) is 2.62. The predicted octanol–water partition coefficient (Wildman–Crippen LogP) is 2.52. The minimum absolute atomic E-state index is 0.260. The first-order chi connectivity index (χ1) is 12.1. The molecule has 0 aliphatic heterocycles. The number of carbonyl (C=O) groups excluding carboxylic acids is 1. The van der Waals surface area contributed by atoms with Gasteiger partial charge in [-0.15, -0.1) is 0 Å². The summed E-state index contributed by atoms with van der Waals surface area (Å²) in [6, 6.07) is 9.71. The van der Waals surface area contributed by atoms with Gasteiger partial charge in [-0.05, 0) is 24.3 Å². The minimum Gasteiger partial charge on any atom is -0.568 e. The van der Waals surface area contributed by atoms with Gasteiger partial charge < -0.3 is 18.6 Å². The lowest BCUT2D eigenvalue weighted by atomic mass is 9.98. The summed E-state index contributed by atoms with van der Waals surface area (Å²) in [7, 11) is 9.68. The van der Waals surface area contributed by atoms with E-state index in [2.05, 4.69) is 0 Å². The molecule has 0 N–H and O–H groups in total. The van der Waals surface area contributed by atoms with Crippen molar-refractivity contribution >= 4 is 36.3 Å². The molecule has 0 unspecified atom stereocenters. The van der Waals surface area contributed by atoms with Gasteiger partial charge in [0.15, 0.2) is 5.78 Å². The maximum absolute atomic E-state index is 13.0. The van der Waals surface area contributed by atoms with E-state index in [0.29, 0.717) is 34.1 Å². The summed E-state index contributed by atoms with van der Waals surface area (Å²) in [5.74, 6) is 1.42. The van der Waals surface area contributed by atoms with Crippen LogP contribution >= 0.6 is 0 Å². The second-order valence-electron chi connectivity index (χ2n) is 4.82. The highest BCUT2D eigenvalue weighted by Gasteiger charge is 2.20. The zero-order valence-corrected chi connectivity index (χ0v) is 14.3. The third-order valence-electron chi connectivity index (χ3n) is 3.28. The second-order valence-corrected chi connectivity index (χ2v) is 4.82. The maximum atomic E-state index is 13.0. The molecule has 0 aromatic heterocycles. The predicted molar refractivity (Wildman–Crippen MR) is 99.4 cm³/mol. The molecule has 0 aliphatic carbocycles. The Morgan fingerprint density at radius 1 is 0.800 bits per heavy atom. The number of benzene rings is 2. The van der Waals surface area contributed by atoms with Crippen molar-refractivity contribution in [3.63, 3.8) is 0 Å². The van der Waals surface area contributed by atoms with Crippen molar-refractivity contribution in [1.29, 1.82) is 0 Å². The Morgan fingerprint density at radius 3 is 1.76 bits per heavy atom. The van der Waals surface area contributed by atoms with Crippen LogP contribution in [-0.2, 0) is 0 Å². The summed E-state index contributed by atoms with van der Waals surface area (Å²) in [6.07, 6.45) is 0. The van der Waals surface area contributed by atoms with E-state index < -0.39 is 0 Å². The van der Waals surface area contributed by atoms with Gasteiger partial charge in [0.2, 0.25) is 0 Å². The molecular formula is C16H15B4O5. The Balaban J connectivity index is 2.45. The van der Waals surface area contributed by atoms with Crippen LogP contribution in [0.1, 0.15) is 15.9 Å². The molecule has 0 amide bonds. The van der Waals surface area contributed by atoms with E-state index in [0.717, 1.165) is 0 Å². The summed E-state index contributed by atoms with van der Waals surface area (Å²) in [6.45, 7) is 5.19. The quantitative estimate of drug-likeness (QED) is 0.522. The Bertz CT molecular complexity index is 738. The second kappa shape index (κ2) is 9.16. The largest absolute Gasteiger partial charge is 0.568 e. The lowest BCUT2D eigenvalue weighted by molar-refractivity contribution is 0.103. The van der Waals surface area contributed by atoms with E-state index in [1.165, 1.54) is 15.0 Å². The summed E-state index contributed by atoms with van der Waals surface area (Å²) in [4.78, 5) is 13.0. The van der Waals surface area contributed by atoms with Gasteiger partial charge >= 0.3 is 30.5 Å². The van der Waals surface area contributed by atoms with Crippen molar-refractivity contribution in [2.75, 3.05) is 0 Å². The number of carbonyl (C=O) groups is 1. The molecule has 25 heavy (non-hydrogen) atoms. The van der Waals surface area contributed by atoms with Crippen LogP contribution in [0.5, 0.6) is 23.0 Å². The molecule has 0 fully saturated rings. The van der Waals surface area contributed by atoms with E-state index in [4.69, 9.17) is 26.7 Å². The zero-order valence-electron chi connectivity index (χ0n) is 14.3. The third kappa shape index (κ3) is 4.56. The fourth-order valence-corrected chi connectivity index (χ4v) is 2.26. The minimum atomic E-state index is -0.260. The Labute approximate surface area is 151 Å². The summed E-state index contributed by atoms with van der Waals surface area (Å²) in [5, 5.41) is 0. The summed E-state index contributed by atoms with van der Waals surface area (Å²) in [5.41, 5.74) is 0.736. The van der Waals surface area contributed by atoms with Crippen LogP contribution in [0, 0.1) is 0 Å². The number of hydrogen-bond donors (Lipinski definition) is 0. The molecule has 0 spiro atoms. The molecule has 2 aromatic carbocycles. The van der Waals surface area contributed by atoms with E-state index in [-0.39, 0.29) is 5.78 Å². The molecule has 9 heteroatoms. The average molecular weight is 331 g/mol. The topological polar surface area (TPSA) is 54.0 Å². The van der Waals surface area contributed by atoms with Crippen LogP contribution in [0.2, 0.25) is 20.5 Å². The molecule has 0 atom stereocenters. The molecule has 0 saturated heterocycles. The first kappa shape index (κ1) is 18.9. The van der Waals surface area contributed by atoms with Gasteiger partial charge in [0.25, 0.3) is 0 Å². The molecule has 2 aromatic rings. The summed E-state index contributed by atoms with van der Waals surface area (Å²) >= 11 is 0. The smallest absolute Gasteiger partial charge is 0.374 e. The lowest BCUT2D eigenvalue weighted by Crippen LogP contribution is -2.10. The van der Waals surface area contributed by atoms with Crippen molar-refractivity contribution in [2.45, 2.75) is 20.5 Å². The number of ketones is 1. The monoisotopic (exact) mass is 331 g/mol. The first-order valence-corrected chi connectivity index (χ1v) is 7.67. The van der Waals surface area contributed by atoms with Crippen LogP contribution in [0.15, 0.2) is 36.4 Å². The van der Waals surface area contributed by atoms with Crippen LogP contribution in [-0.4, -0.2) is 36.3 Å². The van der Waals surface area contributed by atoms with Crippen LogP contribution in [0.4, 0.5) is 0 Å². The van der Waals surface area contributed by atoms with Crippen LogP contribution in [0.25, 0.3) is 0 Å². The van der Waals surface area contributed by atoms with Crippen molar-refractivity contribution in [1.82, 2.24) is 0 Å². The van der Waals surface area contributed by atoms with Gasteiger partial charge in [0.05, 0.1) is 11.1 Å². The van der Waals surface area contributed by atoms with Gasteiger partial charge in [-0.2, -0.15) is 0 Å². The van der Waals surface area contributed by atoms with E-state index in [9.17, 15) is 4.79 Å². The van der Waals surface area contributed by atoms with Gasteiger partial charge in [0, 0.05) is 12.1 Å². The lowest BCUT2D eigenvalue weighted by Gasteiger charge is -2.15. The molecule has 2 rings (SSSR count). The fraction of sp³-hybridized carbons (Fsp3) is 0.188. The van der Waals surface area contributed by atoms with Crippen LogP contribution < -0.4 is 18.6 Å². The summed E-state index contributed by atoms with van der Waals surface area (Å²) < 4.78 is 20.9. The Hall–Kier alpha value is -2.43. The first-order valence-electron chi connectivity index (χ1n) is 7.67. The molecule has 0 saturated carbocycles. The van der Waals surface area contributed by atoms with Crippen LogP contribution in [0.3, 0.4) is 0 Å². The fourth-order valence-electron chi connectivity index (χ4n) is 2.26. The molecule has 0 heterocycles. The van der Waals surface area contributed by atoms with Crippen molar-refractivity contribution < 1.29 is 23.4 Å². The molecule has 0 bridgehead atoms. The Morgan fingerprint density at radius 2 is 1.28 bits per heavy atom. The highest BCUT2D eigenvalue weighted by Crippen LogP contribution is 2.31. The molecule has 121 valence electrons. The maximum Gasteiger partial charge on any atom is 0.374 e. The van der Waals surface area contributed by atoms with E-state index >= 15 is 0 Å². The molecular weight excluding hydrogens is 315 g/mol. The Kier molecular flexibility index (Phi) is 6.92. The van der Waals surface area contributed by atoms with E-state index in [1.807, 2.05) is 0 Å². The zero-order chi connectivity index (χ0) is 18.2. The molecule has 0 aliphatic rings.